The lowest BCUT2D eigenvalue weighted by Gasteiger charge is -2.38. The summed E-state index contributed by atoms with van der Waals surface area (Å²) in [6.07, 6.45) is 0.212. The van der Waals surface area contributed by atoms with Crippen LogP contribution < -0.4 is 19.5 Å². The van der Waals surface area contributed by atoms with Crippen molar-refractivity contribution in [1.29, 1.82) is 0 Å². The molecule has 2 atom stereocenters. The van der Waals surface area contributed by atoms with E-state index in [1.807, 2.05) is 39.0 Å². The maximum absolute atomic E-state index is 13.9. The Balaban J connectivity index is 1.81. The first-order valence-electron chi connectivity index (χ1n) is 9.41. The molecule has 0 aliphatic carbocycles. The number of fused-ring (bicyclic) bond motifs is 1. The fourth-order valence-electron chi connectivity index (χ4n) is 3.37. The number of amides is 1. The van der Waals surface area contributed by atoms with Crippen LogP contribution in [0.2, 0.25) is 0 Å². The molecule has 150 valence electrons. The van der Waals surface area contributed by atoms with Crippen molar-refractivity contribution in [2.24, 2.45) is 0 Å². The highest BCUT2D eigenvalue weighted by Gasteiger charge is 2.36. The summed E-state index contributed by atoms with van der Waals surface area (Å²) in [5.74, 6) is 0.693. The van der Waals surface area contributed by atoms with Crippen LogP contribution in [0.5, 0.6) is 17.2 Å². The van der Waals surface area contributed by atoms with E-state index in [2.05, 4.69) is 5.32 Å². The number of benzene rings is 2. The maximum atomic E-state index is 13.9. The van der Waals surface area contributed by atoms with Crippen LogP contribution in [0.15, 0.2) is 42.5 Å². The SMILES string of the molecule is CC[C@@H](Oc1ccccc1F)C(=O)N[C@@H]1CC(C)(C)Oc2ccc(OC)cc21. The molecule has 0 aromatic heterocycles. The van der Waals surface area contributed by atoms with Gasteiger partial charge in [0.15, 0.2) is 17.7 Å². The number of para-hydroxylation sites is 1. The van der Waals surface area contributed by atoms with E-state index in [4.69, 9.17) is 14.2 Å². The second-order valence-electron chi connectivity index (χ2n) is 7.48. The Labute approximate surface area is 164 Å². The van der Waals surface area contributed by atoms with Gasteiger partial charge in [0.2, 0.25) is 0 Å². The van der Waals surface area contributed by atoms with Crippen molar-refractivity contribution in [3.63, 3.8) is 0 Å². The third-order valence-electron chi connectivity index (χ3n) is 4.76. The molecule has 0 spiro atoms. The van der Waals surface area contributed by atoms with Crippen molar-refractivity contribution < 1.29 is 23.4 Å². The molecule has 2 aromatic carbocycles. The zero-order valence-corrected chi connectivity index (χ0v) is 16.6. The summed E-state index contributed by atoms with van der Waals surface area (Å²) < 4.78 is 30.9. The van der Waals surface area contributed by atoms with Gasteiger partial charge in [-0.1, -0.05) is 19.1 Å². The number of carbonyl (C=O) groups is 1. The molecule has 0 fully saturated rings. The number of halogens is 1. The van der Waals surface area contributed by atoms with E-state index in [1.54, 1.807) is 19.2 Å². The molecular weight excluding hydrogens is 361 g/mol. The van der Waals surface area contributed by atoms with Crippen molar-refractivity contribution in [1.82, 2.24) is 5.32 Å². The molecule has 0 unspecified atom stereocenters. The first-order chi connectivity index (χ1) is 13.3. The molecule has 1 aliphatic heterocycles. The Bertz CT molecular complexity index is 852. The number of hydrogen-bond donors (Lipinski definition) is 1. The lowest BCUT2D eigenvalue weighted by Crippen LogP contribution is -2.45. The van der Waals surface area contributed by atoms with Gasteiger partial charge in [0.1, 0.15) is 17.1 Å². The molecule has 6 heteroatoms. The summed E-state index contributed by atoms with van der Waals surface area (Å²) in [6.45, 7) is 5.79. The topological polar surface area (TPSA) is 56.8 Å². The van der Waals surface area contributed by atoms with Crippen molar-refractivity contribution in [2.75, 3.05) is 7.11 Å². The highest BCUT2D eigenvalue weighted by Crippen LogP contribution is 2.41. The number of hydrogen-bond acceptors (Lipinski definition) is 4. The lowest BCUT2D eigenvalue weighted by atomic mass is 9.89. The zero-order chi connectivity index (χ0) is 20.3. The largest absolute Gasteiger partial charge is 0.497 e. The van der Waals surface area contributed by atoms with Crippen molar-refractivity contribution >= 4 is 5.91 Å². The van der Waals surface area contributed by atoms with Crippen LogP contribution in [-0.2, 0) is 4.79 Å². The minimum atomic E-state index is -0.795. The van der Waals surface area contributed by atoms with E-state index in [0.717, 1.165) is 5.56 Å². The molecule has 0 radical (unpaired) electrons. The molecule has 0 bridgehead atoms. The van der Waals surface area contributed by atoms with Crippen LogP contribution in [0.3, 0.4) is 0 Å². The number of ether oxygens (including phenoxy) is 3. The van der Waals surface area contributed by atoms with E-state index in [0.29, 0.717) is 24.3 Å². The van der Waals surface area contributed by atoms with Gasteiger partial charge in [-0.05, 0) is 50.6 Å². The molecule has 0 saturated carbocycles. The number of methoxy groups -OCH3 is 1. The van der Waals surface area contributed by atoms with Gasteiger partial charge >= 0.3 is 0 Å². The van der Waals surface area contributed by atoms with E-state index in [9.17, 15) is 9.18 Å². The summed E-state index contributed by atoms with van der Waals surface area (Å²) in [5, 5.41) is 3.05. The van der Waals surface area contributed by atoms with Gasteiger partial charge in [0, 0.05) is 12.0 Å². The number of carbonyl (C=O) groups excluding carboxylic acids is 1. The fourth-order valence-corrected chi connectivity index (χ4v) is 3.37. The first kappa shape index (κ1) is 20.0. The summed E-state index contributed by atoms with van der Waals surface area (Å²) >= 11 is 0. The minimum Gasteiger partial charge on any atom is -0.497 e. The second-order valence-corrected chi connectivity index (χ2v) is 7.48. The lowest BCUT2D eigenvalue weighted by molar-refractivity contribution is -0.129. The van der Waals surface area contributed by atoms with Gasteiger partial charge in [-0.2, -0.15) is 0 Å². The normalized spacial score (nSPS) is 18.4. The Morgan fingerprint density at radius 1 is 1.32 bits per heavy atom. The molecule has 1 amide bonds. The molecule has 28 heavy (non-hydrogen) atoms. The Kier molecular flexibility index (Phi) is 5.77. The predicted molar refractivity (Wildman–Crippen MR) is 104 cm³/mol. The van der Waals surface area contributed by atoms with Crippen LogP contribution in [0.1, 0.15) is 45.2 Å². The van der Waals surface area contributed by atoms with Crippen LogP contribution in [0.4, 0.5) is 4.39 Å². The number of rotatable bonds is 6. The molecule has 1 aliphatic rings. The van der Waals surface area contributed by atoms with E-state index >= 15 is 0 Å². The van der Waals surface area contributed by atoms with Crippen molar-refractivity contribution in [3.8, 4) is 17.2 Å². The summed E-state index contributed by atoms with van der Waals surface area (Å²) in [4.78, 5) is 12.9. The Hall–Kier alpha value is -2.76. The van der Waals surface area contributed by atoms with Gasteiger partial charge in [-0.25, -0.2) is 4.39 Å². The van der Waals surface area contributed by atoms with E-state index in [-0.39, 0.29) is 17.7 Å². The van der Waals surface area contributed by atoms with Crippen LogP contribution in [-0.4, -0.2) is 24.7 Å². The third-order valence-corrected chi connectivity index (χ3v) is 4.76. The molecule has 1 N–H and O–H groups in total. The zero-order valence-electron chi connectivity index (χ0n) is 16.6. The summed E-state index contributed by atoms with van der Waals surface area (Å²) in [7, 11) is 1.60. The Morgan fingerprint density at radius 3 is 2.75 bits per heavy atom. The molecule has 1 heterocycles. The smallest absolute Gasteiger partial charge is 0.261 e. The average molecular weight is 387 g/mol. The average Bonchev–Trinajstić information content (AvgIpc) is 2.66. The predicted octanol–water partition coefficient (Wildman–Crippen LogP) is 4.41. The van der Waals surface area contributed by atoms with Crippen molar-refractivity contribution in [3.05, 3.63) is 53.8 Å². The van der Waals surface area contributed by atoms with Gasteiger partial charge in [-0.3, -0.25) is 4.79 Å². The Morgan fingerprint density at radius 2 is 2.07 bits per heavy atom. The molecule has 3 rings (SSSR count). The first-order valence-corrected chi connectivity index (χ1v) is 9.41. The second kappa shape index (κ2) is 8.09. The minimum absolute atomic E-state index is 0.0684. The third kappa shape index (κ3) is 4.38. The summed E-state index contributed by atoms with van der Waals surface area (Å²) in [5.41, 5.74) is 0.418. The quantitative estimate of drug-likeness (QED) is 0.798. The molecule has 0 saturated heterocycles. The van der Waals surface area contributed by atoms with E-state index in [1.165, 1.54) is 12.1 Å². The van der Waals surface area contributed by atoms with Gasteiger partial charge < -0.3 is 19.5 Å². The monoisotopic (exact) mass is 387 g/mol. The van der Waals surface area contributed by atoms with Gasteiger partial charge in [0.05, 0.1) is 13.2 Å². The molecule has 2 aromatic rings. The highest BCUT2D eigenvalue weighted by atomic mass is 19.1. The van der Waals surface area contributed by atoms with E-state index < -0.39 is 17.5 Å². The summed E-state index contributed by atoms with van der Waals surface area (Å²) in [6, 6.07) is 11.4. The van der Waals surface area contributed by atoms with Crippen LogP contribution in [0, 0.1) is 5.82 Å². The standard InChI is InChI=1S/C22H26FNO4/c1-5-18(27-20-9-7-6-8-16(20)23)21(25)24-17-13-22(2,3)28-19-11-10-14(26-4)12-15(17)19/h6-12,17-18H,5,13H2,1-4H3,(H,24,25)/t17-,18-/m1/s1. The highest BCUT2D eigenvalue weighted by molar-refractivity contribution is 5.81. The fraction of sp³-hybridized carbons (Fsp3) is 0.409. The molecular formula is C22H26FNO4. The van der Waals surface area contributed by atoms with Crippen LogP contribution in [0.25, 0.3) is 0 Å². The van der Waals surface area contributed by atoms with Crippen LogP contribution >= 0.6 is 0 Å². The maximum Gasteiger partial charge on any atom is 0.261 e. The van der Waals surface area contributed by atoms with Gasteiger partial charge in [0.25, 0.3) is 5.91 Å². The van der Waals surface area contributed by atoms with Crippen molar-refractivity contribution in [2.45, 2.75) is 51.4 Å². The molecule has 5 nitrogen and oxygen atoms in total. The van der Waals surface area contributed by atoms with Gasteiger partial charge in [-0.15, -0.1) is 0 Å². The number of nitrogens with one attached hydrogen (secondary N) is 1.